The Morgan fingerprint density at radius 1 is 1.15 bits per heavy atom. The van der Waals surface area contributed by atoms with Crippen LogP contribution in [0.1, 0.15) is 39.0 Å². The molecule has 0 aromatic rings. The van der Waals surface area contributed by atoms with E-state index in [2.05, 4.69) is 0 Å². The van der Waals surface area contributed by atoms with Gasteiger partial charge in [0, 0.05) is 0 Å². The average Bonchev–Trinajstić information content (AvgIpc) is 2.18. The first-order chi connectivity index (χ1) is 6.25. The van der Waals surface area contributed by atoms with E-state index in [1.807, 2.05) is 6.92 Å². The molecule has 0 aromatic carbocycles. The average molecular weight is 184 g/mol. The van der Waals surface area contributed by atoms with Crippen molar-refractivity contribution in [2.24, 2.45) is 5.92 Å². The molecule has 1 fully saturated rings. The van der Waals surface area contributed by atoms with Gasteiger partial charge in [-0.3, -0.25) is 0 Å². The van der Waals surface area contributed by atoms with Crippen LogP contribution in [0.4, 0.5) is 0 Å². The zero-order valence-electron chi connectivity index (χ0n) is 8.32. The number of hydrogen-bond acceptors (Lipinski definition) is 2. The summed E-state index contributed by atoms with van der Waals surface area (Å²) in [5.41, 5.74) is 0. The van der Waals surface area contributed by atoms with Gasteiger partial charge in [0.2, 0.25) is 0 Å². The summed E-state index contributed by atoms with van der Waals surface area (Å²) in [6.07, 6.45) is 8.03. The summed E-state index contributed by atoms with van der Waals surface area (Å²) >= 11 is 0. The van der Waals surface area contributed by atoms with Crippen molar-refractivity contribution in [1.82, 2.24) is 0 Å². The largest absolute Gasteiger partial charge is 0.390 e. The van der Waals surface area contributed by atoms with Crippen molar-refractivity contribution in [3.63, 3.8) is 0 Å². The maximum atomic E-state index is 9.77. The van der Waals surface area contributed by atoms with E-state index >= 15 is 0 Å². The van der Waals surface area contributed by atoms with Gasteiger partial charge >= 0.3 is 0 Å². The highest BCUT2D eigenvalue weighted by Crippen LogP contribution is 2.27. The van der Waals surface area contributed by atoms with Crippen molar-refractivity contribution in [3.8, 4) is 0 Å². The van der Waals surface area contributed by atoms with Gasteiger partial charge in [0.15, 0.2) is 0 Å². The van der Waals surface area contributed by atoms with Crippen LogP contribution in [0.3, 0.4) is 0 Å². The molecule has 0 radical (unpaired) electrons. The molecule has 76 valence electrons. The molecule has 2 N–H and O–H groups in total. The summed E-state index contributed by atoms with van der Waals surface area (Å²) in [4.78, 5) is 0. The van der Waals surface area contributed by atoms with Crippen molar-refractivity contribution in [3.05, 3.63) is 12.2 Å². The number of allylic oxidation sites excluding steroid dienone is 1. The molecule has 1 aliphatic rings. The van der Waals surface area contributed by atoms with Crippen LogP contribution >= 0.6 is 0 Å². The van der Waals surface area contributed by atoms with E-state index in [-0.39, 0.29) is 0 Å². The molecule has 0 unspecified atom stereocenters. The molecule has 13 heavy (non-hydrogen) atoms. The fourth-order valence-corrected chi connectivity index (χ4v) is 2.07. The fraction of sp³-hybridized carbons (Fsp3) is 0.818. The van der Waals surface area contributed by atoms with Crippen LogP contribution in [0.15, 0.2) is 12.2 Å². The summed E-state index contributed by atoms with van der Waals surface area (Å²) in [5.74, 6) is 0.306. The lowest BCUT2D eigenvalue weighted by molar-refractivity contribution is -0.00376. The molecule has 0 aliphatic heterocycles. The second-order valence-electron chi connectivity index (χ2n) is 3.91. The molecule has 2 heteroatoms. The second-order valence-corrected chi connectivity index (χ2v) is 3.91. The van der Waals surface area contributed by atoms with Crippen LogP contribution in [-0.4, -0.2) is 22.4 Å². The van der Waals surface area contributed by atoms with Gasteiger partial charge in [-0.25, -0.2) is 0 Å². The maximum absolute atomic E-state index is 9.77. The Hall–Kier alpha value is -0.340. The van der Waals surface area contributed by atoms with E-state index in [9.17, 15) is 10.2 Å². The van der Waals surface area contributed by atoms with E-state index in [4.69, 9.17) is 0 Å². The Labute approximate surface area is 80.3 Å². The minimum absolute atomic E-state index is 0.306. The molecule has 2 nitrogen and oxygen atoms in total. The van der Waals surface area contributed by atoms with Crippen molar-refractivity contribution >= 4 is 0 Å². The van der Waals surface area contributed by atoms with E-state index < -0.39 is 12.2 Å². The third-order valence-electron chi connectivity index (χ3n) is 2.87. The Morgan fingerprint density at radius 3 is 2.31 bits per heavy atom. The summed E-state index contributed by atoms with van der Waals surface area (Å²) < 4.78 is 0. The van der Waals surface area contributed by atoms with E-state index in [1.54, 1.807) is 12.2 Å². The first-order valence-electron chi connectivity index (χ1n) is 5.24. The van der Waals surface area contributed by atoms with Crippen LogP contribution < -0.4 is 0 Å². The van der Waals surface area contributed by atoms with Crippen LogP contribution in [0.25, 0.3) is 0 Å². The minimum Gasteiger partial charge on any atom is -0.390 e. The lowest BCUT2D eigenvalue weighted by Gasteiger charge is -2.28. The van der Waals surface area contributed by atoms with Gasteiger partial charge in [-0.05, 0) is 25.7 Å². The van der Waals surface area contributed by atoms with Gasteiger partial charge in [-0.1, -0.05) is 31.4 Å². The molecule has 2 atom stereocenters. The molecule has 0 amide bonds. The molecular weight excluding hydrogens is 164 g/mol. The van der Waals surface area contributed by atoms with Crippen LogP contribution in [-0.2, 0) is 0 Å². The molecule has 1 aliphatic carbocycles. The van der Waals surface area contributed by atoms with Gasteiger partial charge in [0.05, 0.1) is 12.2 Å². The SMILES string of the molecule is C/C=C/[C@H](O)[C@@H](O)C1CCCCC1. The number of rotatable bonds is 3. The fourth-order valence-electron chi connectivity index (χ4n) is 2.07. The zero-order chi connectivity index (χ0) is 9.68. The Bertz CT molecular complexity index is 159. The molecular formula is C11H20O2. The summed E-state index contributed by atoms with van der Waals surface area (Å²) in [5, 5.41) is 19.3. The van der Waals surface area contributed by atoms with Crippen molar-refractivity contribution in [1.29, 1.82) is 0 Å². The monoisotopic (exact) mass is 184 g/mol. The van der Waals surface area contributed by atoms with Gasteiger partial charge < -0.3 is 10.2 Å². The van der Waals surface area contributed by atoms with E-state index in [0.29, 0.717) is 5.92 Å². The Kier molecular flexibility index (Phi) is 4.46. The first-order valence-corrected chi connectivity index (χ1v) is 5.24. The van der Waals surface area contributed by atoms with Gasteiger partial charge in [0.1, 0.15) is 0 Å². The Balaban J connectivity index is 2.39. The maximum Gasteiger partial charge on any atom is 0.0982 e. The van der Waals surface area contributed by atoms with Crippen molar-refractivity contribution < 1.29 is 10.2 Å². The molecule has 1 rings (SSSR count). The Morgan fingerprint density at radius 2 is 1.77 bits per heavy atom. The predicted octanol–water partition coefficient (Wildman–Crippen LogP) is 1.86. The highest BCUT2D eigenvalue weighted by Gasteiger charge is 2.25. The lowest BCUT2D eigenvalue weighted by atomic mass is 9.83. The second kappa shape index (κ2) is 5.40. The van der Waals surface area contributed by atoms with Gasteiger partial charge in [0.25, 0.3) is 0 Å². The summed E-state index contributed by atoms with van der Waals surface area (Å²) in [7, 11) is 0. The van der Waals surface area contributed by atoms with E-state index in [1.165, 1.54) is 19.3 Å². The molecule has 1 saturated carbocycles. The molecule has 0 heterocycles. The smallest absolute Gasteiger partial charge is 0.0982 e. The quantitative estimate of drug-likeness (QED) is 0.657. The zero-order valence-corrected chi connectivity index (χ0v) is 8.32. The molecule has 0 saturated heterocycles. The third-order valence-corrected chi connectivity index (χ3v) is 2.87. The van der Waals surface area contributed by atoms with E-state index in [0.717, 1.165) is 12.8 Å². The van der Waals surface area contributed by atoms with Gasteiger partial charge in [-0.2, -0.15) is 0 Å². The highest BCUT2D eigenvalue weighted by molar-refractivity contribution is 4.92. The summed E-state index contributed by atoms with van der Waals surface area (Å²) in [6, 6.07) is 0. The normalized spacial score (nSPS) is 24.8. The number of aliphatic hydroxyl groups excluding tert-OH is 2. The van der Waals surface area contributed by atoms with Gasteiger partial charge in [-0.15, -0.1) is 0 Å². The number of aliphatic hydroxyl groups is 2. The predicted molar refractivity (Wildman–Crippen MR) is 53.4 cm³/mol. The third kappa shape index (κ3) is 3.12. The van der Waals surface area contributed by atoms with Crippen LogP contribution in [0.2, 0.25) is 0 Å². The molecule has 0 aromatic heterocycles. The van der Waals surface area contributed by atoms with Crippen molar-refractivity contribution in [2.75, 3.05) is 0 Å². The summed E-state index contributed by atoms with van der Waals surface area (Å²) in [6.45, 7) is 1.86. The molecule has 0 bridgehead atoms. The van der Waals surface area contributed by atoms with Crippen LogP contribution in [0, 0.1) is 5.92 Å². The van der Waals surface area contributed by atoms with Crippen molar-refractivity contribution in [2.45, 2.75) is 51.2 Å². The topological polar surface area (TPSA) is 40.5 Å². The van der Waals surface area contributed by atoms with Crippen LogP contribution in [0.5, 0.6) is 0 Å². The lowest BCUT2D eigenvalue weighted by Crippen LogP contribution is -2.33. The highest BCUT2D eigenvalue weighted by atomic mass is 16.3. The standard InChI is InChI=1S/C11H20O2/c1-2-6-10(12)11(13)9-7-4-3-5-8-9/h2,6,9-13H,3-5,7-8H2,1H3/b6-2+/t10-,11-/m0/s1. The minimum atomic E-state index is -0.673. The molecule has 0 spiro atoms. The number of hydrogen-bond donors (Lipinski definition) is 2. The first kappa shape index (κ1) is 10.7.